The van der Waals surface area contributed by atoms with Crippen molar-refractivity contribution in [2.75, 3.05) is 6.61 Å². The Labute approximate surface area is 181 Å². The molecule has 0 saturated carbocycles. The van der Waals surface area contributed by atoms with Gasteiger partial charge in [-0.05, 0) is 43.2 Å². The zero-order chi connectivity index (χ0) is 21.6. The zero-order valence-corrected chi connectivity index (χ0v) is 17.6. The molecule has 4 rings (SSSR count). The summed E-state index contributed by atoms with van der Waals surface area (Å²) in [5, 5.41) is 3.86. The summed E-state index contributed by atoms with van der Waals surface area (Å²) in [6.45, 7) is 4.74. The number of rotatable bonds is 7. The quantitative estimate of drug-likeness (QED) is 0.401. The van der Waals surface area contributed by atoms with Gasteiger partial charge in [-0.15, -0.1) is 0 Å². The molecular weight excluding hydrogens is 388 g/mol. The van der Waals surface area contributed by atoms with Crippen LogP contribution in [0.15, 0.2) is 83.6 Å². The number of nitrogens with zero attached hydrogens (tertiary/aromatic N) is 1. The van der Waals surface area contributed by atoms with E-state index in [4.69, 9.17) is 9.15 Å². The second kappa shape index (κ2) is 9.30. The first-order valence-corrected chi connectivity index (χ1v) is 10.3. The number of nitrogens with one attached hydrogen (secondary N) is 1. The number of pyridine rings is 1. The highest BCUT2D eigenvalue weighted by Crippen LogP contribution is 2.37. The van der Waals surface area contributed by atoms with Gasteiger partial charge in [0.2, 0.25) is 5.91 Å². The Morgan fingerprint density at radius 2 is 1.94 bits per heavy atom. The minimum Gasteiger partial charge on any atom is -0.493 e. The largest absolute Gasteiger partial charge is 0.493 e. The minimum absolute atomic E-state index is 0.179. The number of hydrogen-bond acceptors (Lipinski definition) is 4. The number of fused-ring (bicyclic) bond motifs is 1. The third kappa shape index (κ3) is 4.67. The van der Waals surface area contributed by atoms with Crippen molar-refractivity contribution < 1.29 is 13.9 Å². The van der Waals surface area contributed by atoms with E-state index in [0.29, 0.717) is 18.9 Å². The number of hydrogen-bond donors (Lipinski definition) is 1. The van der Waals surface area contributed by atoms with Gasteiger partial charge in [0.15, 0.2) is 0 Å². The predicted octanol–water partition coefficient (Wildman–Crippen LogP) is 5.61. The molecule has 4 aromatic rings. The van der Waals surface area contributed by atoms with Crippen LogP contribution in [0.25, 0.3) is 27.7 Å². The third-order valence-corrected chi connectivity index (χ3v) is 5.00. The number of furan rings is 1. The maximum Gasteiger partial charge on any atom is 0.244 e. The van der Waals surface area contributed by atoms with Gasteiger partial charge in [-0.25, -0.2) is 0 Å². The van der Waals surface area contributed by atoms with E-state index < -0.39 is 0 Å². The zero-order valence-electron chi connectivity index (χ0n) is 17.6. The Bertz CT molecular complexity index is 1210. The molecular formula is C26H24N2O3. The molecule has 0 spiro atoms. The van der Waals surface area contributed by atoms with Crippen LogP contribution in [0.3, 0.4) is 0 Å². The number of aromatic nitrogens is 1. The molecule has 2 aromatic heterocycles. The Kier molecular flexibility index (Phi) is 6.13. The van der Waals surface area contributed by atoms with Gasteiger partial charge in [0.05, 0.1) is 25.1 Å². The average molecular weight is 412 g/mol. The van der Waals surface area contributed by atoms with Crippen molar-refractivity contribution in [1.82, 2.24) is 10.3 Å². The smallest absolute Gasteiger partial charge is 0.244 e. The first kappa shape index (κ1) is 20.4. The number of allylic oxidation sites excluding steroid dienone is 1. The molecule has 1 N–H and O–H groups in total. The normalized spacial score (nSPS) is 11.5. The molecule has 31 heavy (non-hydrogen) atoms. The molecule has 0 aliphatic carbocycles. The van der Waals surface area contributed by atoms with E-state index >= 15 is 0 Å². The van der Waals surface area contributed by atoms with Crippen LogP contribution in [0.1, 0.15) is 25.1 Å². The van der Waals surface area contributed by atoms with Gasteiger partial charge in [0.1, 0.15) is 11.3 Å². The molecule has 156 valence electrons. The van der Waals surface area contributed by atoms with E-state index in [1.165, 1.54) is 0 Å². The number of benzene rings is 2. The molecule has 5 heteroatoms. The van der Waals surface area contributed by atoms with Crippen LogP contribution >= 0.6 is 0 Å². The summed E-state index contributed by atoms with van der Waals surface area (Å²) in [4.78, 5) is 16.7. The van der Waals surface area contributed by atoms with Crippen LogP contribution in [0.2, 0.25) is 0 Å². The monoisotopic (exact) mass is 412 g/mol. The van der Waals surface area contributed by atoms with Crippen LogP contribution in [-0.2, 0) is 11.3 Å². The number of carbonyl (C=O) groups excluding carboxylic acids is 1. The van der Waals surface area contributed by atoms with Crippen molar-refractivity contribution in [1.29, 1.82) is 0 Å². The maximum atomic E-state index is 12.5. The second-order valence-corrected chi connectivity index (χ2v) is 7.16. The van der Waals surface area contributed by atoms with Gasteiger partial charge in [0, 0.05) is 34.9 Å². The summed E-state index contributed by atoms with van der Waals surface area (Å²) in [5.41, 5.74) is 5.31. The highest BCUT2D eigenvalue weighted by molar-refractivity contribution is 6.00. The molecule has 1 amide bonds. The SMILES string of the molecule is CCOc1cc2occ(-c3ccccc3)c2cc1/C(C)=C/C(=O)NCc1ccccn1. The van der Waals surface area contributed by atoms with Crippen molar-refractivity contribution in [3.63, 3.8) is 0 Å². The molecule has 0 aliphatic rings. The first-order valence-electron chi connectivity index (χ1n) is 10.3. The molecule has 0 bridgehead atoms. The number of amides is 1. The summed E-state index contributed by atoms with van der Waals surface area (Å²) in [5.74, 6) is 0.511. The van der Waals surface area contributed by atoms with Gasteiger partial charge in [-0.1, -0.05) is 36.4 Å². The van der Waals surface area contributed by atoms with E-state index in [9.17, 15) is 4.79 Å². The summed E-state index contributed by atoms with van der Waals surface area (Å²) >= 11 is 0. The fourth-order valence-corrected chi connectivity index (χ4v) is 3.49. The van der Waals surface area contributed by atoms with Gasteiger partial charge in [0.25, 0.3) is 0 Å². The van der Waals surface area contributed by atoms with Gasteiger partial charge >= 0.3 is 0 Å². The van der Waals surface area contributed by atoms with Crippen molar-refractivity contribution >= 4 is 22.4 Å². The molecule has 0 aliphatic heterocycles. The summed E-state index contributed by atoms with van der Waals surface area (Å²) < 4.78 is 11.7. The third-order valence-electron chi connectivity index (χ3n) is 5.00. The first-order chi connectivity index (χ1) is 15.2. The molecule has 0 unspecified atom stereocenters. The summed E-state index contributed by atoms with van der Waals surface area (Å²) in [7, 11) is 0. The van der Waals surface area contributed by atoms with Gasteiger partial charge < -0.3 is 14.5 Å². The lowest BCUT2D eigenvalue weighted by Gasteiger charge is -2.12. The van der Waals surface area contributed by atoms with E-state index in [1.807, 2.05) is 74.5 Å². The molecule has 0 radical (unpaired) electrons. The molecule has 5 nitrogen and oxygen atoms in total. The van der Waals surface area contributed by atoms with Crippen molar-refractivity contribution in [2.24, 2.45) is 0 Å². The van der Waals surface area contributed by atoms with Crippen LogP contribution in [-0.4, -0.2) is 17.5 Å². The van der Waals surface area contributed by atoms with Crippen LogP contribution in [0, 0.1) is 0 Å². The fraction of sp³-hybridized carbons (Fsp3) is 0.154. The van der Waals surface area contributed by atoms with Gasteiger partial charge in [-0.3, -0.25) is 9.78 Å². The highest BCUT2D eigenvalue weighted by atomic mass is 16.5. The lowest BCUT2D eigenvalue weighted by Crippen LogP contribution is -2.21. The number of ether oxygens (including phenoxy) is 1. The average Bonchev–Trinajstić information content (AvgIpc) is 3.21. The van der Waals surface area contributed by atoms with E-state index in [0.717, 1.165) is 38.9 Å². The van der Waals surface area contributed by atoms with E-state index in [1.54, 1.807) is 18.5 Å². The number of carbonyl (C=O) groups is 1. The standard InChI is InChI=1S/C26H24N2O3/c1-3-30-24-15-25-22(23(17-31-25)19-9-5-4-6-10-19)14-21(24)18(2)13-26(29)28-16-20-11-7-8-12-27-20/h4-15,17H,3,16H2,1-2H3,(H,28,29)/b18-13+. The van der Waals surface area contributed by atoms with Crippen molar-refractivity contribution in [3.05, 3.63) is 90.5 Å². The second-order valence-electron chi connectivity index (χ2n) is 7.16. The van der Waals surface area contributed by atoms with E-state index in [2.05, 4.69) is 10.3 Å². The van der Waals surface area contributed by atoms with Crippen LogP contribution < -0.4 is 10.1 Å². The van der Waals surface area contributed by atoms with Crippen molar-refractivity contribution in [3.8, 4) is 16.9 Å². The molecule has 0 fully saturated rings. The molecule has 2 aromatic carbocycles. The Hall–Kier alpha value is -3.86. The Balaban J connectivity index is 1.66. The molecule has 0 atom stereocenters. The van der Waals surface area contributed by atoms with Crippen LogP contribution in [0.4, 0.5) is 0 Å². The fourth-order valence-electron chi connectivity index (χ4n) is 3.49. The lowest BCUT2D eigenvalue weighted by atomic mass is 9.99. The predicted molar refractivity (Wildman–Crippen MR) is 123 cm³/mol. The van der Waals surface area contributed by atoms with Crippen LogP contribution in [0.5, 0.6) is 5.75 Å². The molecule has 2 heterocycles. The Morgan fingerprint density at radius 3 is 2.68 bits per heavy atom. The van der Waals surface area contributed by atoms with Crippen molar-refractivity contribution in [2.45, 2.75) is 20.4 Å². The lowest BCUT2D eigenvalue weighted by molar-refractivity contribution is -0.116. The summed E-state index contributed by atoms with van der Waals surface area (Å²) in [6, 6.07) is 19.6. The Morgan fingerprint density at radius 1 is 1.13 bits per heavy atom. The molecule has 0 saturated heterocycles. The minimum atomic E-state index is -0.179. The topological polar surface area (TPSA) is 64.4 Å². The summed E-state index contributed by atoms with van der Waals surface area (Å²) in [6.07, 6.45) is 5.06. The maximum absolute atomic E-state index is 12.5. The van der Waals surface area contributed by atoms with Gasteiger partial charge in [-0.2, -0.15) is 0 Å². The van der Waals surface area contributed by atoms with E-state index in [-0.39, 0.29) is 5.91 Å². The highest BCUT2D eigenvalue weighted by Gasteiger charge is 2.15.